The second-order valence-electron chi connectivity index (χ2n) is 11.3. The van der Waals surface area contributed by atoms with Crippen molar-refractivity contribution in [3.05, 3.63) is 80.4 Å². The Hall–Kier alpha value is -2.08. The van der Waals surface area contributed by atoms with E-state index in [4.69, 9.17) is 0 Å². The van der Waals surface area contributed by atoms with Gasteiger partial charge in [-0.25, -0.2) is 0 Å². The van der Waals surface area contributed by atoms with Gasteiger partial charge in [0.05, 0.1) is 0 Å². The van der Waals surface area contributed by atoms with Gasteiger partial charge >= 0.3 is 0 Å². The Bertz CT molecular complexity index is 1060. The molecule has 2 aromatic carbocycles. The average Bonchev–Trinajstić information content (AvgIpc) is 3.34. The van der Waals surface area contributed by atoms with Crippen LogP contribution in [0.5, 0.6) is 0 Å². The maximum atomic E-state index is 2.55. The van der Waals surface area contributed by atoms with Gasteiger partial charge in [0, 0.05) is 5.92 Å². The molecule has 0 aromatic heterocycles. The first-order valence-electron chi connectivity index (χ1n) is 12.9. The van der Waals surface area contributed by atoms with Crippen LogP contribution in [0.15, 0.2) is 35.9 Å². The van der Waals surface area contributed by atoms with Gasteiger partial charge in [-0.3, -0.25) is 0 Å². The van der Waals surface area contributed by atoms with Crippen molar-refractivity contribution in [3.8, 4) is 0 Å². The topological polar surface area (TPSA) is 0 Å². The molecular weight excluding hydrogens is 384 g/mol. The minimum atomic E-state index is 0.555. The van der Waals surface area contributed by atoms with Crippen molar-refractivity contribution in [1.29, 1.82) is 0 Å². The molecule has 0 spiro atoms. The number of hydrogen-bond donors (Lipinski definition) is 0. The second-order valence-corrected chi connectivity index (χ2v) is 11.3. The van der Waals surface area contributed by atoms with Gasteiger partial charge in [0.15, 0.2) is 0 Å². The Morgan fingerprint density at radius 1 is 0.688 bits per heavy atom. The molecule has 1 atom stereocenters. The van der Waals surface area contributed by atoms with Crippen molar-refractivity contribution in [3.63, 3.8) is 0 Å². The molecule has 2 aromatic rings. The van der Waals surface area contributed by atoms with Crippen LogP contribution in [-0.4, -0.2) is 0 Å². The Morgan fingerprint density at radius 2 is 1.22 bits per heavy atom. The first kappa shape index (κ1) is 23.1. The average molecular weight is 427 g/mol. The highest BCUT2D eigenvalue weighted by molar-refractivity contribution is 5.71. The third-order valence-electron chi connectivity index (χ3n) is 7.66. The zero-order valence-electron chi connectivity index (χ0n) is 21.5. The third kappa shape index (κ3) is 4.14. The van der Waals surface area contributed by atoms with E-state index in [0.717, 1.165) is 6.42 Å². The molecule has 0 bridgehead atoms. The van der Waals surface area contributed by atoms with Gasteiger partial charge in [-0.15, -0.1) is 0 Å². The van der Waals surface area contributed by atoms with Crippen LogP contribution >= 0.6 is 0 Å². The predicted molar refractivity (Wildman–Crippen MR) is 142 cm³/mol. The fourth-order valence-corrected chi connectivity index (χ4v) is 5.92. The van der Waals surface area contributed by atoms with Crippen molar-refractivity contribution < 1.29 is 0 Å². The van der Waals surface area contributed by atoms with E-state index in [1.165, 1.54) is 35.1 Å². The van der Waals surface area contributed by atoms with E-state index >= 15 is 0 Å². The summed E-state index contributed by atoms with van der Waals surface area (Å²) in [5.41, 5.74) is 14.0. The zero-order valence-corrected chi connectivity index (χ0v) is 21.5. The van der Waals surface area contributed by atoms with Crippen molar-refractivity contribution in [2.45, 2.75) is 104 Å². The lowest BCUT2D eigenvalue weighted by Gasteiger charge is -2.22. The molecule has 0 saturated heterocycles. The number of rotatable bonds is 7. The number of fused-ring (bicyclic) bond motifs is 2. The van der Waals surface area contributed by atoms with E-state index in [-0.39, 0.29) is 0 Å². The van der Waals surface area contributed by atoms with Crippen LogP contribution in [0.2, 0.25) is 0 Å². The minimum absolute atomic E-state index is 0.555. The summed E-state index contributed by atoms with van der Waals surface area (Å²) < 4.78 is 0. The van der Waals surface area contributed by atoms with E-state index in [1.54, 1.807) is 27.8 Å². The first-order chi connectivity index (χ1) is 15.2. The molecule has 0 saturated carbocycles. The fraction of sp³-hybridized carbons (Fsp3) is 0.500. The molecule has 0 nitrogen and oxygen atoms in total. The van der Waals surface area contributed by atoms with Crippen LogP contribution in [-0.2, 0) is 6.42 Å². The monoisotopic (exact) mass is 426 g/mol. The normalized spacial score (nSPS) is 17.1. The van der Waals surface area contributed by atoms with Gasteiger partial charge in [-0.05, 0) is 87.4 Å². The SMILES string of the molecule is CC(C)c1ccc(C(C)C)c2c1C=C(CCC1C=Cc3c(C(C)C)ccc(C(C)C)c31)C2. The molecule has 32 heavy (non-hydrogen) atoms. The highest BCUT2D eigenvalue weighted by atomic mass is 14.3. The quantitative estimate of drug-likeness (QED) is 0.413. The number of allylic oxidation sites excluding steroid dienone is 2. The van der Waals surface area contributed by atoms with E-state index in [9.17, 15) is 0 Å². The van der Waals surface area contributed by atoms with Crippen molar-refractivity contribution in [1.82, 2.24) is 0 Å². The minimum Gasteiger partial charge on any atom is -0.0763 e. The second kappa shape index (κ2) is 9.05. The molecule has 2 aliphatic rings. The lowest BCUT2D eigenvalue weighted by molar-refractivity contribution is 0.710. The molecule has 0 N–H and O–H groups in total. The van der Waals surface area contributed by atoms with Crippen LogP contribution in [0.3, 0.4) is 0 Å². The Labute approximate surface area is 196 Å². The standard InChI is InChI=1S/C32H42/c1-19(2)25-15-16-28(22(7)8)32-24(11-12-29(25)32)10-9-23-17-30-26(20(3)4)13-14-27(21(5)6)31(30)18-23/h11-17,19-22,24H,9-10,18H2,1-8H3. The van der Waals surface area contributed by atoms with Crippen LogP contribution in [0.25, 0.3) is 12.2 Å². The van der Waals surface area contributed by atoms with Gasteiger partial charge < -0.3 is 0 Å². The molecule has 0 heteroatoms. The molecule has 1 unspecified atom stereocenters. The Morgan fingerprint density at radius 3 is 1.81 bits per heavy atom. The smallest absolute Gasteiger partial charge is 0.00332 e. The largest absolute Gasteiger partial charge is 0.0763 e. The van der Waals surface area contributed by atoms with Gasteiger partial charge in [-0.1, -0.05) is 103 Å². The molecule has 170 valence electrons. The van der Waals surface area contributed by atoms with E-state index in [1.807, 2.05) is 0 Å². The zero-order chi connectivity index (χ0) is 23.2. The lowest BCUT2D eigenvalue weighted by Crippen LogP contribution is -2.05. The highest BCUT2D eigenvalue weighted by Crippen LogP contribution is 2.44. The molecule has 0 amide bonds. The molecule has 4 rings (SSSR count). The van der Waals surface area contributed by atoms with Crippen LogP contribution in [0, 0.1) is 0 Å². The Balaban J connectivity index is 1.60. The fourth-order valence-electron chi connectivity index (χ4n) is 5.92. The molecular formula is C32H42. The third-order valence-corrected chi connectivity index (χ3v) is 7.66. The van der Waals surface area contributed by atoms with Crippen LogP contribution in [0.1, 0.15) is 142 Å². The van der Waals surface area contributed by atoms with Crippen LogP contribution in [0.4, 0.5) is 0 Å². The number of hydrogen-bond acceptors (Lipinski definition) is 0. The molecule has 0 aliphatic heterocycles. The summed E-state index contributed by atoms with van der Waals surface area (Å²) in [6, 6.07) is 9.57. The summed E-state index contributed by atoms with van der Waals surface area (Å²) in [7, 11) is 0. The summed E-state index contributed by atoms with van der Waals surface area (Å²) in [5, 5.41) is 0. The summed E-state index contributed by atoms with van der Waals surface area (Å²) in [6.45, 7) is 18.7. The van der Waals surface area contributed by atoms with E-state index in [2.05, 4.69) is 97.9 Å². The summed E-state index contributed by atoms with van der Waals surface area (Å²) >= 11 is 0. The van der Waals surface area contributed by atoms with Crippen molar-refractivity contribution in [2.24, 2.45) is 0 Å². The van der Waals surface area contributed by atoms with E-state index in [0.29, 0.717) is 29.6 Å². The molecule has 2 aliphatic carbocycles. The van der Waals surface area contributed by atoms with Crippen molar-refractivity contribution in [2.75, 3.05) is 0 Å². The first-order valence-corrected chi connectivity index (χ1v) is 12.9. The van der Waals surface area contributed by atoms with Crippen molar-refractivity contribution >= 4 is 12.2 Å². The predicted octanol–water partition coefficient (Wildman–Crippen LogP) is 9.71. The maximum Gasteiger partial charge on any atom is 0.00332 e. The number of benzene rings is 2. The van der Waals surface area contributed by atoms with Gasteiger partial charge in [-0.2, -0.15) is 0 Å². The summed E-state index contributed by atoms with van der Waals surface area (Å²) in [4.78, 5) is 0. The Kier molecular flexibility index (Phi) is 6.53. The molecule has 0 heterocycles. The molecule has 0 fully saturated rings. The van der Waals surface area contributed by atoms with E-state index < -0.39 is 0 Å². The maximum absolute atomic E-state index is 2.55. The lowest BCUT2D eigenvalue weighted by atomic mass is 9.83. The summed E-state index contributed by atoms with van der Waals surface area (Å²) in [5.74, 6) is 2.87. The molecule has 0 radical (unpaired) electrons. The highest BCUT2D eigenvalue weighted by Gasteiger charge is 2.27. The van der Waals surface area contributed by atoms with Gasteiger partial charge in [0.2, 0.25) is 0 Å². The van der Waals surface area contributed by atoms with Gasteiger partial charge in [0.25, 0.3) is 0 Å². The van der Waals surface area contributed by atoms with Crippen LogP contribution < -0.4 is 0 Å². The summed E-state index contributed by atoms with van der Waals surface area (Å²) in [6.07, 6.45) is 11.0. The van der Waals surface area contributed by atoms with Gasteiger partial charge in [0.1, 0.15) is 0 Å².